The normalized spacial score (nSPS) is 20.2. The van der Waals surface area contributed by atoms with E-state index in [0.717, 1.165) is 12.4 Å². The highest BCUT2D eigenvalue weighted by molar-refractivity contribution is 5.45. The molecule has 0 spiro atoms. The van der Waals surface area contributed by atoms with Crippen LogP contribution in [0.3, 0.4) is 0 Å². The number of rotatable bonds is 1. The molecule has 0 N–H and O–H groups in total. The van der Waals surface area contributed by atoms with Crippen LogP contribution < -0.4 is 4.74 Å². The maximum atomic E-state index is 5.65. The van der Waals surface area contributed by atoms with Gasteiger partial charge < -0.3 is 4.74 Å². The molecule has 1 aliphatic heterocycles. The van der Waals surface area contributed by atoms with Gasteiger partial charge >= 0.3 is 0 Å². The minimum atomic E-state index is 0.594. The fourth-order valence-corrected chi connectivity index (χ4v) is 2.04. The van der Waals surface area contributed by atoms with Gasteiger partial charge in [0.15, 0.2) is 0 Å². The Bertz CT molecular complexity index is 315. The van der Waals surface area contributed by atoms with Gasteiger partial charge in [-0.05, 0) is 24.5 Å². The molecule has 1 aromatic carbocycles. The Kier molecular flexibility index (Phi) is 2.03. The number of fused-ring (bicyclic) bond motifs is 1. The first kappa shape index (κ1) is 8.61. The van der Waals surface area contributed by atoms with Crippen molar-refractivity contribution in [3.05, 3.63) is 29.3 Å². The zero-order valence-electron chi connectivity index (χ0n) is 8.50. The summed E-state index contributed by atoms with van der Waals surface area (Å²) in [4.78, 5) is 0. The molecule has 0 radical (unpaired) electrons. The number of benzene rings is 1. The van der Waals surface area contributed by atoms with Crippen molar-refractivity contribution in [1.82, 2.24) is 0 Å². The minimum Gasteiger partial charge on any atom is -0.493 e. The molecule has 1 nitrogen and oxygen atoms in total. The van der Waals surface area contributed by atoms with Crippen LogP contribution in [0.1, 0.15) is 30.9 Å². The van der Waals surface area contributed by atoms with E-state index in [1.807, 2.05) is 0 Å². The Morgan fingerprint density at radius 2 is 2.15 bits per heavy atom. The molecule has 0 saturated heterocycles. The lowest BCUT2D eigenvalue weighted by molar-refractivity contribution is 0.304. The number of hydrogen-bond donors (Lipinski definition) is 0. The van der Waals surface area contributed by atoms with E-state index in [-0.39, 0.29) is 0 Å². The van der Waals surface area contributed by atoms with Gasteiger partial charge in [0, 0.05) is 11.5 Å². The van der Waals surface area contributed by atoms with Crippen LogP contribution in [-0.2, 0) is 0 Å². The lowest BCUT2D eigenvalue weighted by atomic mass is 9.88. The molecule has 1 heteroatoms. The van der Waals surface area contributed by atoms with E-state index in [1.165, 1.54) is 11.1 Å². The molecule has 1 aliphatic rings. The molecular weight excluding hydrogens is 160 g/mol. The van der Waals surface area contributed by atoms with Crippen LogP contribution in [-0.4, -0.2) is 6.61 Å². The maximum absolute atomic E-state index is 5.65. The van der Waals surface area contributed by atoms with Crippen LogP contribution >= 0.6 is 0 Å². The molecule has 2 rings (SSSR count). The SMILES string of the molecule is Cc1cccc2c1C(C(C)C)CO2. The third kappa shape index (κ3) is 1.32. The monoisotopic (exact) mass is 176 g/mol. The molecule has 0 fully saturated rings. The van der Waals surface area contributed by atoms with Crippen LogP contribution in [0.5, 0.6) is 5.75 Å². The van der Waals surface area contributed by atoms with Crippen molar-refractivity contribution in [2.75, 3.05) is 6.61 Å². The average molecular weight is 176 g/mol. The Hall–Kier alpha value is -0.980. The van der Waals surface area contributed by atoms with Crippen molar-refractivity contribution >= 4 is 0 Å². The predicted molar refractivity (Wildman–Crippen MR) is 54.3 cm³/mol. The van der Waals surface area contributed by atoms with Gasteiger partial charge in [-0.2, -0.15) is 0 Å². The molecule has 0 bridgehead atoms. The van der Waals surface area contributed by atoms with Crippen LogP contribution in [0.4, 0.5) is 0 Å². The fraction of sp³-hybridized carbons (Fsp3) is 0.500. The summed E-state index contributed by atoms with van der Waals surface area (Å²) >= 11 is 0. The summed E-state index contributed by atoms with van der Waals surface area (Å²) in [5.41, 5.74) is 2.80. The second-order valence-electron chi connectivity index (χ2n) is 4.15. The average Bonchev–Trinajstić information content (AvgIpc) is 2.49. The van der Waals surface area contributed by atoms with Crippen molar-refractivity contribution < 1.29 is 4.74 Å². The van der Waals surface area contributed by atoms with Gasteiger partial charge in [0.05, 0.1) is 6.61 Å². The lowest BCUT2D eigenvalue weighted by Gasteiger charge is -2.14. The molecule has 1 aromatic rings. The van der Waals surface area contributed by atoms with E-state index in [1.54, 1.807) is 0 Å². The predicted octanol–water partition coefficient (Wildman–Crippen LogP) is 3.13. The quantitative estimate of drug-likeness (QED) is 0.638. The van der Waals surface area contributed by atoms with Gasteiger partial charge in [0.1, 0.15) is 5.75 Å². The summed E-state index contributed by atoms with van der Waals surface area (Å²) in [7, 11) is 0. The molecule has 0 amide bonds. The highest BCUT2D eigenvalue weighted by Crippen LogP contribution is 2.39. The van der Waals surface area contributed by atoms with Crippen LogP contribution in [0.25, 0.3) is 0 Å². The van der Waals surface area contributed by atoms with Crippen LogP contribution in [0, 0.1) is 12.8 Å². The Morgan fingerprint density at radius 3 is 2.85 bits per heavy atom. The first-order valence-corrected chi connectivity index (χ1v) is 4.92. The molecule has 1 atom stereocenters. The first-order valence-electron chi connectivity index (χ1n) is 4.92. The van der Waals surface area contributed by atoms with E-state index >= 15 is 0 Å². The maximum Gasteiger partial charge on any atom is 0.123 e. The fourth-order valence-electron chi connectivity index (χ4n) is 2.04. The third-order valence-electron chi connectivity index (χ3n) is 2.88. The van der Waals surface area contributed by atoms with E-state index in [9.17, 15) is 0 Å². The highest BCUT2D eigenvalue weighted by Gasteiger charge is 2.27. The van der Waals surface area contributed by atoms with Crippen LogP contribution in [0.2, 0.25) is 0 Å². The zero-order valence-corrected chi connectivity index (χ0v) is 8.50. The second kappa shape index (κ2) is 3.06. The molecule has 0 aromatic heterocycles. The topological polar surface area (TPSA) is 9.23 Å². The first-order chi connectivity index (χ1) is 6.20. The van der Waals surface area contributed by atoms with Crippen molar-refractivity contribution in [3.63, 3.8) is 0 Å². The summed E-state index contributed by atoms with van der Waals surface area (Å²) in [6.07, 6.45) is 0. The Labute approximate surface area is 79.7 Å². The Balaban J connectivity index is 2.46. The van der Waals surface area contributed by atoms with Crippen molar-refractivity contribution in [1.29, 1.82) is 0 Å². The molecule has 1 unspecified atom stereocenters. The van der Waals surface area contributed by atoms with Crippen molar-refractivity contribution in [3.8, 4) is 5.75 Å². The second-order valence-corrected chi connectivity index (χ2v) is 4.15. The third-order valence-corrected chi connectivity index (χ3v) is 2.88. The summed E-state index contributed by atoms with van der Waals surface area (Å²) in [5.74, 6) is 2.36. The molecular formula is C12H16O. The largest absolute Gasteiger partial charge is 0.493 e. The van der Waals surface area contributed by atoms with Crippen molar-refractivity contribution in [2.24, 2.45) is 5.92 Å². The number of aryl methyl sites for hydroxylation is 1. The number of hydrogen-bond acceptors (Lipinski definition) is 1. The summed E-state index contributed by atoms with van der Waals surface area (Å²) in [6, 6.07) is 6.31. The van der Waals surface area contributed by atoms with E-state index in [0.29, 0.717) is 11.8 Å². The molecule has 70 valence electrons. The highest BCUT2D eigenvalue weighted by atomic mass is 16.5. The van der Waals surface area contributed by atoms with E-state index in [4.69, 9.17) is 4.74 Å². The van der Waals surface area contributed by atoms with E-state index < -0.39 is 0 Å². The van der Waals surface area contributed by atoms with Gasteiger partial charge in [0.25, 0.3) is 0 Å². The van der Waals surface area contributed by atoms with Crippen LogP contribution in [0.15, 0.2) is 18.2 Å². The van der Waals surface area contributed by atoms with Gasteiger partial charge in [-0.15, -0.1) is 0 Å². The van der Waals surface area contributed by atoms with Gasteiger partial charge in [-0.1, -0.05) is 26.0 Å². The van der Waals surface area contributed by atoms with Crippen molar-refractivity contribution in [2.45, 2.75) is 26.7 Å². The van der Waals surface area contributed by atoms with E-state index in [2.05, 4.69) is 39.0 Å². The minimum absolute atomic E-state index is 0.594. The van der Waals surface area contributed by atoms with Gasteiger partial charge in [-0.3, -0.25) is 0 Å². The molecule has 13 heavy (non-hydrogen) atoms. The lowest BCUT2D eigenvalue weighted by Crippen LogP contribution is -2.08. The Morgan fingerprint density at radius 1 is 1.38 bits per heavy atom. The summed E-state index contributed by atoms with van der Waals surface area (Å²) in [5, 5.41) is 0. The zero-order chi connectivity index (χ0) is 9.42. The smallest absolute Gasteiger partial charge is 0.123 e. The summed E-state index contributed by atoms with van der Waals surface area (Å²) < 4.78 is 5.65. The summed E-state index contributed by atoms with van der Waals surface area (Å²) in [6.45, 7) is 7.55. The molecule has 1 heterocycles. The van der Waals surface area contributed by atoms with Gasteiger partial charge in [-0.25, -0.2) is 0 Å². The molecule has 0 aliphatic carbocycles. The standard InChI is InChI=1S/C12H16O/c1-8(2)10-7-13-11-6-4-5-9(3)12(10)11/h4-6,8,10H,7H2,1-3H3. The number of ether oxygens (including phenoxy) is 1. The molecule has 0 saturated carbocycles. The van der Waals surface area contributed by atoms with Gasteiger partial charge in [0.2, 0.25) is 0 Å².